The van der Waals surface area contributed by atoms with E-state index in [9.17, 15) is 9.18 Å². The van der Waals surface area contributed by atoms with Gasteiger partial charge in [0.05, 0.1) is 12.7 Å². The molecule has 0 heterocycles. The van der Waals surface area contributed by atoms with Gasteiger partial charge in [-0.15, -0.1) is 0 Å². The summed E-state index contributed by atoms with van der Waals surface area (Å²) in [6.07, 6.45) is 0. The molecule has 0 spiro atoms. The number of methoxy groups -OCH3 is 1. The molecule has 4 heteroatoms. The Bertz CT molecular complexity index is 638. The summed E-state index contributed by atoms with van der Waals surface area (Å²) < 4.78 is 19.6. The van der Waals surface area contributed by atoms with Gasteiger partial charge in [-0.05, 0) is 31.2 Å². The lowest BCUT2D eigenvalue weighted by molar-refractivity contribution is 0.103. The molecule has 0 N–H and O–H groups in total. The van der Waals surface area contributed by atoms with Gasteiger partial charge in [0.2, 0.25) is 0 Å². The Labute approximate surface area is 119 Å². The minimum absolute atomic E-state index is 0.00523. The van der Waals surface area contributed by atoms with E-state index in [0.717, 1.165) is 5.56 Å². The van der Waals surface area contributed by atoms with Gasteiger partial charge in [-0.3, -0.25) is 4.79 Å². The lowest BCUT2D eigenvalue weighted by Gasteiger charge is -2.08. The zero-order valence-electron chi connectivity index (χ0n) is 10.5. The Morgan fingerprint density at radius 1 is 1.21 bits per heavy atom. The molecular formula is C15H12BrFO2. The Kier molecular flexibility index (Phi) is 4.00. The number of hydrogen-bond donors (Lipinski definition) is 0. The van der Waals surface area contributed by atoms with Crippen molar-refractivity contribution in [2.24, 2.45) is 0 Å². The molecule has 0 fully saturated rings. The van der Waals surface area contributed by atoms with Crippen molar-refractivity contribution in [2.75, 3.05) is 7.11 Å². The van der Waals surface area contributed by atoms with Crippen molar-refractivity contribution in [3.05, 3.63) is 63.4 Å². The lowest BCUT2D eigenvalue weighted by Crippen LogP contribution is -2.06. The fourth-order valence-electron chi connectivity index (χ4n) is 1.80. The standard InChI is InChI=1S/C15H12BrFO2/c1-9-6-7-12(16)11(8-9)15(18)10-4-3-5-13(19-2)14(10)17/h3-8H,1-2H3. The highest BCUT2D eigenvalue weighted by atomic mass is 79.9. The average Bonchev–Trinajstić information content (AvgIpc) is 2.41. The molecule has 0 atom stereocenters. The molecule has 2 aromatic rings. The summed E-state index contributed by atoms with van der Waals surface area (Å²) in [5.41, 5.74) is 1.38. The third-order valence-electron chi connectivity index (χ3n) is 2.79. The van der Waals surface area contributed by atoms with Crippen LogP contribution in [0.3, 0.4) is 0 Å². The van der Waals surface area contributed by atoms with Gasteiger partial charge in [-0.2, -0.15) is 0 Å². The molecule has 2 aromatic carbocycles. The van der Waals surface area contributed by atoms with Gasteiger partial charge in [-0.25, -0.2) is 4.39 Å². The van der Waals surface area contributed by atoms with Crippen LogP contribution in [0.15, 0.2) is 40.9 Å². The van der Waals surface area contributed by atoms with E-state index in [2.05, 4.69) is 15.9 Å². The van der Waals surface area contributed by atoms with Crippen LogP contribution in [0, 0.1) is 12.7 Å². The summed E-state index contributed by atoms with van der Waals surface area (Å²) in [4.78, 5) is 12.4. The summed E-state index contributed by atoms with van der Waals surface area (Å²) >= 11 is 3.31. The van der Waals surface area contributed by atoms with Crippen molar-refractivity contribution < 1.29 is 13.9 Å². The first-order valence-electron chi connectivity index (χ1n) is 5.68. The minimum Gasteiger partial charge on any atom is -0.494 e. The molecule has 2 nitrogen and oxygen atoms in total. The third kappa shape index (κ3) is 2.68. The first kappa shape index (κ1) is 13.7. The number of carbonyl (C=O) groups is 1. The normalized spacial score (nSPS) is 10.3. The average molecular weight is 323 g/mol. The molecule has 0 unspecified atom stereocenters. The highest BCUT2D eigenvalue weighted by Crippen LogP contribution is 2.26. The van der Waals surface area contributed by atoms with Crippen LogP contribution >= 0.6 is 15.9 Å². The number of carbonyl (C=O) groups excluding carboxylic acids is 1. The van der Waals surface area contributed by atoms with E-state index >= 15 is 0 Å². The van der Waals surface area contributed by atoms with E-state index in [0.29, 0.717) is 10.0 Å². The summed E-state index contributed by atoms with van der Waals surface area (Å²) in [5.74, 6) is -0.940. The summed E-state index contributed by atoms with van der Waals surface area (Å²) in [7, 11) is 1.37. The second-order valence-electron chi connectivity index (χ2n) is 4.13. The van der Waals surface area contributed by atoms with Crippen LogP contribution in [0.1, 0.15) is 21.5 Å². The van der Waals surface area contributed by atoms with Crippen molar-refractivity contribution in [1.82, 2.24) is 0 Å². The number of benzene rings is 2. The van der Waals surface area contributed by atoms with E-state index in [1.165, 1.54) is 19.2 Å². The maximum Gasteiger partial charge on any atom is 0.197 e. The molecular weight excluding hydrogens is 311 g/mol. The van der Waals surface area contributed by atoms with Gasteiger partial charge in [0, 0.05) is 10.0 Å². The Morgan fingerprint density at radius 2 is 1.95 bits per heavy atom. The number of aryl methyl sites for hydroxylation is 1. The first-order valence-corrected chi connectivity index (χ1v) is 6.47. The highest BCUT2D eigenvalue weighted by molar-refractivity contribution is 9.10. The SMILES string of the molecule is COc1cccc(C(=O)c2cc(C)ccc2Br)c1F. The quantitative estimate of drug-likeness (QED) is 0.794. The third-order valence-corrected chi connectivity index (χ3v) is 3.49. The molecule has 0 radical (unpaired) electrons. The van der Waals surface area contributed by atoms with Crippen molar-refractivity contribution >= 4 is 21.7 Å². The zero-order valence-corrected chi connectivity index (χ0v) is 12.1. The van der Waals surface area contributed by atoms with Crippen LogP contribution in [0.4, 0.5) is 4.39 Å². The predicted octanol–water partition coefficient (Wildman–Crippen LogP) is 4.14. The molecule has 19 heavy (non-hydrogen) atoms. The van der Waals surface area contributed by atoms with Gasteiger partial charge in [0.15, 0.2) is 17.3 Å². The highest BCUT2D eigenvalue weighted by Gasteiger charge is 2.19. The fourth-order valence-corrected chi connectivity index (χ4v) is 2.23. The van der Waals surface area contributed by atoms with Crippen molar-refractivity contribution in [3.63, 3.8) is 0 Å². The van der Waals surface area contributed by atoms with Crippen LogP contribution < -0.4 is 4.74 Å². The van der Waals surface area contributed by atoms with Crippen molar-refractivity contribution in [3.8, 4) is 5.75 Å². The van der Waals surface area contributed by atoms with E-state index in [4.69, 9.17) is 4.74 Å². The molecule has 98 valence electrons. The van der Waals surface area contributed by atoms with Gasteiger partial charge in [0.1, 0.15) is 0 Å². The van der Waals surface area contributed by atoms with Crippen molar-refractivity contribution in [1.29, 1.82) is 0 Å². The molecule has 0 aliphatic heterocycles. The molecule has 0 saturated carbocycles. The number of rotatable bonds is 3. The molecule has 0 aliphatic carbocycles. The molecule has 0 aromatic heterocycles. The predicted molar refractivity (Wildman–Crippen MR) is 75.3 cm³/mol. The van der Waals surface area contributed by atoms with Gasteiger partial charge < -0.3 is 4.74 Å². The Balaban J connectivity index is 2.53. The summed E-state index contributed by atoms with van der Waals surface area (Å²) in [6.45, 7) is 1.88. The van der Waals surface area contributed by atoms with Crippen molar-refractivity contribution in [2.45, 2.75) is 6.92 Å². The van der Waals surface area contributed by atoms with Gasteiger partial charge >= 0.3 is 0 Å². The van der Waals surface area contributed by atoms with E-state index < -0.39 is 5.82 Å². The maximum absolute atomic E-state index is 14.1. The minimum atomic E-state index is -0.636. The maximum atomic E-state index is 14.1. The Morgan fingerprint density at radius 3 is 2.63 bits per heavy atom. The fraction of sp³-hybridized carbons (Fsp3) is 0.133. The van der Waals surface area contributed by atoms with Gasteiger partial charge in [-0.1, -0.05) is 33.6 Å². The molecule has 0 bridgehead atoms. The molecule has 0 aliphatic rings. The van der Waals surface area contributed by atoms with Crippen LogP contribution in [0.2, 0.25) is 0 Å². The van der Waals surface area contributed by atoms with E-state index in [1.807, 2.05) is 13.0 Å². The summed E-state index contributed by atoms with van der Waals surface area (Å²) in [6, 6.07) is 9.92. The van der Waals surface area contributed by atoms with E-state index in [-0.39, 0.29) is 17.1 Å². The monoisotopic (exact) mass is 322 g/mol. The smallest absolute Gasteiger partial charge is 0.197 e. The van der Waals surface area contributed by atoms with Crippen LogP contribution in [0.25, 0.3) is 0 Å². The second kappa shape index (κ2) is 5.53. The zero-order chi connectivity index (χ0) is 14.0. The summed E-state index contributed by atoms with van der Waals surface area (Å²) in [5, 5.41) is 0. The molecule has 0 saturated heterocycles. The number of hydrogen-bond acceptors (Lipinski definition) is 2. The van der Waals surface area contributed by atoms with E-state index in [1.54, 1.807) is 18.2 Å². The van der Waals surface area contributed by atoms with Crippen LogP contribution in [-0.4, -0.2) is 12.9 Å². The molecule has 2 rings (SSSR count). The topological polar surface area (TPSA) is 26.3 Å². The van der Waals surface area contributed by atoms with Gasteiger partial charge in [0.25, 0.3) is 0 Å². The molecule has 0 amide bonds. The lowest BCUT2D eigenvalue weighted by atomic mass is 10.0. The second-order valence-corrected chi connectivity index (χ2v) is 4.99. The Hall–Kier alpha value is -1.68. The number of halogens is 2. The van der Waals surface area contributed by atoms with Crippen LogP contribution in [-0.2, 0) is 0 Å². The largest absolute Gasteiger partial charge is 0.494 e. The number of ketones is 1. The first-order chi connectivity index (χ1) is 9.04. The number of ether oxygens (including phenoxy) is 1. The van der Waals surface area contributed by atoms with Crippen LogP contribution in [0.5, 0.6) is 5.75 Å².